The number of piperazine rings is 2. The molecule has 2 fully saturated rings. The van der Waals surface area contributed by atoms with Crippen LogP contribution in [-0.2, 0) is 20.0 Å². The van der Waals surface area contributed by atoms with E-state index in [4.69, 9.17) is 22.0 Å². The van der Waals surface area contributed by atoms with Gasteiger partial charge in [-0.3, -0.25) is 35.1 Å². The Morgan fingerprint density at radius 2 is 1.38 bits per heavy atom. The van der Waals surface area contributed by atoms with Crippen molar-refractivity contribution in [1.29, 1.82) is 0 Å². The number of carbonyl (C=O) groups excluding carboxylic acids is 2. The summed E-state index contributed by atoms with van der Waals surface area (Å²) in [5.74, 6) is -1.61. The van der Waals surface area contributed by atoms with E-state index in [1.165, 1.54) is 45.4 Å². The van der Waals surface area contributed by atoms with Gasteiger partial charge in [0.05, 0.1) is 26.0 Å². The topological polar surface area (TPSA) is 256 Å². The molecule has 5 aromatic rings. The third kappa shape index (κ3) is 9.48. The van der Waals surface area contributed by atoms with Gasteiger partial charge in [-0.1, -0.05) is 29.8 Å². The van der Waals surface area contributed by atoms with Crippen LogP contribution in [0.1, 0.15) is 26.3 Å². The summed E-state index contributed by atoms with van der Waals surface area (Å²) in [6.07, 6.45) is 1.57. The fourth-order valence-corrected chi connectivity index (χ4v) is 11.7. The predicted octanol–water partition coefficient (Wildman–Crippen LogP) is 4.15. The van der Waals surface area contributed by atoms with E-state index in [-0.39, 0.29) is 76.6 Å². The number of amides is 2. The minimum Gasteiger partial charge on any atom is -0.368 e. The van der Waals surface area contributed by atoms with Crippen LogP contribution in [0.2, 0.25) is 4.34 Å². The van der Waals surface area contributed by atoms with Crippen LogP contribution < -0.4 is 20.8 Å². The minimum absolute atomic E-state index is 0.0610. The Balaban J connectivity index is 0.000000205. The molecule has 2 aromatic heterocycles. The number of halogens is 1. The molecule has 2 saturated heterocycles. The van der Waals surface area contributed by atoms with Crippen molar-refractivity contribution in [1.82, 2.24) is 24.6 Å². The number of nitrogens with zero attached hydrogens (tertiary/aromatic N) is 7. The lowest BCUT2D eigenvalue weighted by atomic mass is 10.1. The smallest absolute Gasteiger partial charge is 0.293 e. The Bertz CT molecular complexity index is 2710. The summed E-state index contributed by atoms with van der Waals surface area (Å²) < 4.78 is 56.2. The van der Waals surface area contributed by atoms with Gasteiger partial charge in [-0.15, -0.1) is 11.3 Å². The van der Waals surface area contributed by atoms with Crippen LogP contribution in [0, 0.1) is 21.9 Å². The molecule has 0 radical (unpaired) electrons. The van der Waals surface area contributed by atoms with Gasteiger partial charge in [0.25, 0.3) is 33.2 Å². The van der Waals surface area contributed by atoms with Gasteiger partial charge in [0.1, 0.15) is 14.8 Å². The van der Waals surface area contributed by atoms with Crippen molar-refractivity contribution < 1.29 is 46.5 Å². The highest BCUT2D eigenvalue weighted by Crippen LogP contribution is 2.35. The zero-order chi connectivity index (χ0) is 44.2. The second kappa shape index (κ2) is 18.5. The van der Waals surface area contributed by atoms with Crippen molar-refractivity contribution >= 4 is 88.5 Å². The molecule has 4 heterocycles. The number of hydroxylamine groups is 2. The number of para-hydroxylation sites is 1. The first kappa shape index (κ1) is 44.9. The van der Waals surface area contributed by atoms with Gasteiger partial charge in [0.2, 0.25) is 10.0 Å². The first-order valence-corrected chi connectivity index (χ1v) is 22.4. The summed E-state index contributed by atoms with van der Waals surface area (Å²) in [5.41, 5.74) is 4.96. The third-order valence-electron chi connectivity index (χ3n) is 10.0. The zero-order valence-electron chi connectivity index (χ0n) is 32.5. The molecule has 0 aliphatic carbocycles. The molecule has 0 bridgehead atoms. The van der Waals surface area contributed by atoms with E-state index in [9.17, 15) is 41.4 Å². The SMILES string of the molecule is C[N+](=O)c1ccc(N2CCN(S(=O)(=O)c3cccc4cccnc34)CC2)c(C(=O)NO)c1.Cc1cc(S(=O)(=O)N2CCN(c3ccc(C(=O)NO)cc3[N+](=O)[O-])CC2)sc1Cl. The number of thiophene rings is 1. The molecular formula is C37H39ClN9O11S3+. The van der Waals surface area contributed by atoms with E-state index in [0.29, 0.717) is 39.0 Å². The maximum atomic E-state index is 13.3. The van der Waals surface area contributed by atoms with Gasteiger partial charge >= 0.3 is 0 Å². The van der Waals surface area contributed by atoms with Crippen LogP contribution in [0.25, 0.3) is 10.9 Å². The molecule has 20 nitrogen and oxygen atoms in total. The average molecular weight is 917 g/mol. The number of carbonyl (C=O) groups is 2. The molecule has 24 heteroatoms. The van der Waals surface area contributed by atoms with Crippen molar-refractivity contribution in [2.24, 2.45) is 0 Å². The number of hydrogen-bond donors (Lipinski definition) is 4. The van der Waals surface area contributed by atoms with Gasteiger partial charge < -0.3 is 9.80 Å². The van der Waals surface area contributed by atoms with Crippen molar-refractivity contribution in [3.8, 4) is 0 Å². The maximum absolute atomic E-state index is 13.3. The number of nitro groups is 1. The van der Waals surface area contributed by atoms with Gasteiger partial charge in [0.15, 0.2) is 7.05 Å². The molecule has 61 heavy (non-hydrogen) atoms. The fraction of sp³-hybridized carbons (Fsp3) is 0.270. The lowest BCUT2D eigenvalue weighted by Gasteiger charge is -2.36. The normalized spacial score (nSPS) is 15.2. The van der Waals surface area contributed by atoms with Gasteiger partial charge in [-0.2, -0.15) is 8.61 Å². The first-order chi connectivity index (χ1) is 29.0. The molecule has 2 aliphatic rings. The fourth-order valence-electron chi connectivity index (χ4n) is 6.83. The Hall–Kier alpha value is -5.66. The molecule has 0 atom stereocenters. The zero-order valence-corrected chi connectivity index (χ0v) is 35.7. The molecule has 322 valence electrons. The molecule has 4 N–H and O–H groups in total. The summed E-state index contributed by atoms with van der Waals surface area (Å²) in [5, 5.41) is 30.0. The first-order valence-electron chi connectivity index (χ1n) is 18.3. The van der Waals surface area contributed by atoms with Crippen LogP contribution in [0.3, 0.4) is 0 Å². The largest absolute Gasteiger partial charge is 0.368 e. The second-order valence-electron chi connectivity index (χ2n) is 13.7. The number of aryl methyl sites for hydroxylation is 1. The van der Waals surface area contributed by atoms with E-state index < -0.39 is 36.8 Å². The quantitative estimate of drug-likeness (QED) is 0.0665. The molecule has 7 rings (SSSR count). The minimum atomic E-state index is -3.77. The standard InChI is InChI=1S/C21H21N5O5S.C16H17ClN4O6S2/c1-24(29)16-7-8-18(17(14-16)21(27)23-28)25-10-12-26(13-11-25)32(30,31)19-6-2-4-15-5-3-9-22-20(15)19;1-10-8-14(28-15(10)17)29(26,27)20-6-4-19(5-7-20)12-3-2-11(16(22)18-23)9-13(12)21(24)25/h2-9,14H,10-13H2,1H3,(H-,23,27,28);2-3,8-9,23H,4-7H2,1H3,(H,18,22)/p+1. The Labute approximate surface area is 358 Å². The van der Waals surface area contributed by atoms with E-state index in [1.807, 2.05) is 17.0 Å². The number of sulfonamides is 2. The number of hydrogen-bond acceptors (Lipinski definition) is 15. The van der Waals surface area contributed by atoms with Crippen molar-refractivity contribution in [2.45, 2.75) is 16.0 Å². The van der Waals surface area contributed by atoms with E-state index in [1.54, 1.807) is 53.8 Å². The summed E-state index contributed by atoms with van der Waals surface area (Å²) in [6, 6.07) is 18.6. The number of benzene rings is 3. The van der Waals surface area contributed by atoms with Crippen LogP contribution in [0.4, 0.5) is 22.7 Å². The molecule has 3 aromatic carbocycles. The number of fused-ring (bicyclic) bond motifs is 1. The van der Waals surface area contributed by atoms with Crippen LogP contribution in [0.15, 0.2) is 88.1 Å². The maximum Gasteiger partial charge on any atom is 0.293 e. The van der Waals surface area contributed by atoms with Crippen LogP contribution in [0.5, 0.6) is 0 Å². The molecule has 2 amide bonds. The molecule has 0 saturated carbocycles. The Morgan fingerprint density at radius 1 is 0.787 bits per heavy atom. The van der Waals surface area contributed by atoms with E-state index in [0.717, 1.165) is 22.8 Å². The Kier molecular flexibility index (Phi) is 13.6. The average Bonchev–Trinajstić information content (AvgIpc) is 3.63. The summed E-state index contributed by atoms with van der Waals surface area (Å²) in [6.45, 7) is 3.57. The lowest BCUT2D eigenvalue weighted by Crippen LogP contribution is -2.49. The van der Waals surface area contributed by atoms with Crippen molar-refractivity contribution in [3.63, 3.8) is 0 Å². The summed E-state index contributed by atoms with van der Waals surface area (Å²) >= 11 is 6.99. The van der Waals surface area contributed by atoms with Gasteiger partial charge in [0, 0.05) is 97.4 Å². The third-order valence-corrected chi connectivity index (χ3v) is 15.9. The molecule has 0 unspecified atom stereocenters. The highest BCUT2D eigenvalue weighted by Gasteiger charge is 2.34. The molecule has 2 aliphatic heterocycles. The van der Waals surface area contributed by atoms with Crippen LogP contribution in [-0.4, -0.2) is 122 Å². The number of nitro benzene ring substituents is 1. The van der Waals surface area contributed by atoms with Crippen LogP contribution >= 0.6 is 22.9 Å². The number of pyridine rings is 1. The van der Waals surface area contributed by atoms with Crippen molar-refractivity contribution in [2.75, 3.05) is 69.2 Å². The predicted molar refractivity (Wildman–Crippen MR) is 225 cm³/mol. The van der Waals surface area contributed by atoms with Crippen molar-refractivity contribution in [3.05, 3.63) is 115 Å². The molecular weight excluding hydrogens is 878 g/mol. The number of aromatic nitrogens is 1. The Morgan fingerprint density at radius 3 is 1.95 bits per heavy atom. The highest BCUT2D eigenvalue weighted by molar-refractivity contribution is 7.91. The summed E-state index contributed by atoms with van der Waals surface area (Å²) in [4.78, 5) is 54.1. The number of nitrogens with one attached hydrogen (secondary N) is 2. The monoisotopic (exact) mass is 916 g/mol. The summed E-state index contributed by atoms with van der Waals surface area (Å²) in [7, 11) is -6.15. The van der Waals surface area contributed by atoms with E-state index >= 15 is 0 Å². The van der Waals surface area contributed by atoms with Gasteiger partial charge in [-0.25, -0.2) is 27.8 Å². The number of nitroso groups, excluding NO2 is 1. The second-order valence-corrected chi connectivity index (χ2v) is 19.4. The highest BCUT2D eigenvalue weighted by atomic mass is 35.5. The number of anilines is 2. The number of rotatable bonds is 10. The van der Waals surface area contributed by atoms with Gasteiger partial charge in [-0.05, 0) is 48.9 Å². The molecule has 0 spiro atoms. The van der Waals surface area contributed by atoms with E-state index in [2.05, 4.69) is 4.98 Å². The lowest BCUT2D eigenvalue weighted by molar-refractivity contribution is -0.428.